The molecule has 0 amide bonds. The van der Waals surface area contributed by atoms with Gasteiger partial charge in [0.1, 0.15) is 11.6 Å². The van der Waals surface area contributed by atoms with E-state index in [0.29, 0.717) is 31.6 Å². The molecular formula is C13H25N3O2. The predicted octanol–water partition coefficient (Wildman–Crippen LogP) is 1.37. The first-order valence-electron chi connectivity index (χ1n) is 6.14. The van der Waals surface area contributed by atoms with E-state index in [1.807, 2.05) is 20.8 Å². The third-order valence-electron chi connectivity index (χ3n) is 2.05. The number of nitrogens with two attached hydrogens (primary N) is 2. The van der Waals surface area contributed by atoms with Crippen LogP contribution in [0.3, 0.4) is 0 Å². The topological polar surface area (TPSA) is 90.7 Å². The van der Waals surface area contributed by atoms with Crippen LogP contribution in [0.1, 0.15) is 40.0 Å². The molecule has 4 N–H and O–H groups in total. The number of amidine groups is 1. The summed E-state index contributed by atoms with van der Waals surface area (Å²) >= 11 is 0. The molecule has 5 heteroatoms. The number of carbonyl (C=O) groups is 1. The molecule has 0 aromatic carbocycles. The van der Waals surface area contributed by atoms with Crippen molar-refractivity contribution >= 4 is 11.8 Å². The quantitative estimate of drug-likeness (QED) is 0.236. The van der Waals surface area contributed by atoms with Gasteiger partial charge in [-0.05, 0) is 33.6 Å². The second-order valence-electron chi connectivity index (χ2n) is 5.15. The molecule has 0 aliphatic rings. The molecule has 5 nitrogen and oxygen atoms in total. The maximum Gasteiger partial charge on any atom is 0.323 e. The highest BCUT2D eigenvalue weighted by atomic mass is 16.6. The Labute approximate surface area is 109 Å². The fourth-order valence-electron chi connectivity index (χ4n) is 1.24. The molecule has 0 aliphatic heterocycles. The predicted molar refractivity (Wildman–Crippen MR) is 74.4 cm³/mol. The molecule has 0 aromatic heterocycles. The molecular weight excluding hydrogens is 230 g/mol. The zero-order valence-electron chi connectivity index (χ0n) is 11.6. The number of hydrogen-bond donors (Lipinski definition) is 2. The molecule has 0 radical (unpaired) electrons. The zero-order chi connectivity index (χ0) is 14.2. The molecule has 0 saturated heterocycles. The van der Waals surface area contributed by atoms with Crippen LogP contribution in [-0.4, -0.2) is 30.0 Å². The van der Waals surface area contributed by atoms with Crippen molar-refractivity contribution in [1.82, 2.24) is 0 Å². The molecule has 0 bridgehead atoms. The van der Waals surface area contributed by atoms with Crippen LogP contribution in [0.15, 0.2) is 17.6 Å². The van der Waals surface area contributed by atoms with Gasteiger partial charge in [0.05, 0.1) is 5.84 Å². The Morgan fingerprint density at radius 1 is 1.50 bits per heavy atom. The fraction of sp³-hybridized carbons (Fsp3) is 0.692. The highest BCUT2D eigenvalue weighted by molar-refractivity contribution is 5.81. The van der Waals surface area contributed by atoms with E-state index in [1.165, 1.54) is 0 Å². The van der Waals surface area contributed by atoms with Gasteiger partial charge in [-0.1, -0.05) is 6.08 Å². The smallest absolute Gasteiger partial charge is 0.323 e. The average Bonchev–Trinajstić information content (AvgIpc) is 2.22. The summed E-state index contributed by atoms with van der Waals surface area (Å²) in [4.78, 5) is 15.7. The lowest BCUT2D eigenvalue weighted by Crippen LogP contribution is -2.37. The Morgan fingerprint density at radius 3 is 2.61 bits per heavy atom. The van der Waals surface area contributed by atoms with Gasteiger partial charge in [-0.15, -0.1) is 6.58 Å². The van der Waals surface area contributed by atoms with E-state index in [1.54, 1.807) is 6.08 Å². The molecule has 1 unspecified atom stereocenters. The molecule has 0 spiro atoms. The largest absolute Gasteiger partial charge is 0.459 e. The number of hydrogen-bond acceptors (Lipinski definition) is 4. The van der Waals surface area contributed by atoms with E-state index in [4.69, 9.17) is 16.2 Å². The van der Waals surface area contributed by atoms with E-state index in [0.717, 1.165) is 0 Å². The summed E-state index contributed by atoms with van der Waals surface area (Å²) in [5.41, 5.74) is 10.8. The van der Waals surface area contributed by atoms with Crippen molar-refractivity contribution in [3.63, 3.8) is 0 Å². The minimum atomic E-state index is -0.597. The van der Waals surface area contributed by atoms with Crippen molar-refractivity contribution in [3.05, 3.63) is 12.7 Å². The maximum atomic E-state index is 11.6. The van der Waals surface area contributed by atoms with Gasteiger partial charge in [0.25, 0.3) is 0 Å². The third kappa shape index (κ3) is 8.75. The first-order chi connectivity index (χ1) is 8.26. The third-order valence-corrected chi connectivity index (χ3v) is 2.05. The van der Waals surface area contributed by atoms with E-state index in [-0.39, 0.29) is 5.97 Å². The standard InChI is InChI=1S/C13H25N3O2/c1-5-7-11(15)16-9-6-8-10(14)12(17)18-13(2,3)4/h5,10H,1,6-9,14H2,2-4H3,(H2,15,16). The molecule has 0 aromatic rings. The molecule has 0 heterocycles. The summed E-state index contributed by atoms with van der Waals surface area (Å²) in [7, 11) is 0. The van der Waals surface area contributed by atoms with Crippen LogP contribution in [0.2, 0.25) is 0 Å². The number of rotatable bonds is 7. The normalized spacial score (nSPS) is 14.1. The second-order valence-corrected chi connectivity index (χ2v) is 5.15. The van der Waals surface area contributed by atoms with Crippen molar-refractivity contribution in [2.75, 3.05) is 6.54 Å². The SMILES string of the molecule is C=CCC(N)=NCCCC(N)C(=O)OC(C)(C)C. The number of nitrogens with zero attached hydrogens (tertiary/aromatic N) is 1. The van der Waals surface area contributed by atoms with Crippen LogP contribution in [-0.2, 0) is 9.53 Å². The molecule has 0 aliphatic carbocycles. The summed E-state index contributed by atoms with van der Waals surface area (Å²) in [6, 6.07) is -0.597. The Bertz CT molecular complexity index is 306. The number of carbonyl (C=O) groups excluding carboxylic acids is 1. The minimum absolute atomic E-state index is 0.370. The van der Waals surface area contributed by atoms with E-state index in [2.05, 4.69) is 11.6 Å². The van der Waals surface area contributed by atoms with Crippen LogP contribution in [0.5, 0.6) is 0 Å². The fourth-order valence-corrected chi connectivity index (χ4v) is 1.24. The van der Waals surface area contributed by atoms with Gasteiger partial charge in [0.2, 0.25) is 0 Å². The van der Waals surface area contributed by atoms with E-state index < -0.39 is 11.6 Å². The Morgan fingerprint density at radius 2 is 2.11 bits per heavy atom. The van der Waals surface area contributed by atoms with Crippen molar-refractivity contribution in [2.45, 2.75) is 51.7 Å². The summed E-state index contributed by atoms with van der Waals surface area (Å²) < 4.78 is 5.18. The summed E-state index contributed by atoms with van der Waals surface area (Å²) in [6.07, 6.45) is 3.53. The number of aliphatic imine (C=N–C) groups is 1. The maximum absolute atomic E-state index is 11.6. The van der Waals surface area contributed by atoms with Crippen molar-refractivity contribution in [2.24, 2.45) is 16.5 Å². The van der Waals surface area contributed by atoms with Gasteiger partial charge in [-0.2, -0.15) is 0 Å². The first kappa shape index (κ1) is 16.6. The summed E-state index contributed by atoms with van der Waals surface area (Å²) in [6.45, 7) is 9.59. The Hall–Kier alpha value is -1.36. The van der Waals surface area contributed by atoms with Crippen LogP contribution in [0, 0.1) is 0 Å². The summed E-state index contributed by atoms with van der Waals surface area (Å²) in [5.74, 6) is 0.182. The van der Waals surface area contributed by atoms with E-state index in [9.17, 15) is 4.79 Å². The molecule has 1 atom stereocenters. The molecule has 0 saturated carbocycles. The van der Waals surface area contributed by atoms with Crippen molar-refractivity contribution in [1.29, 1.82) is 0 Å². The average molecular weight is 255 g/mol. The number of esters is 1. The van der Waals surface area contributed by atoms with Crippen LogP contribution in [0.4, 0.5) is 0 Å². The second kappa shape index (κ2) is 7.87. The van der Waals surface area contributed by atoms with Crippen LogP contribution >= 0.6 is 0 Å². The lowest BCUT2D eigenvalue weighted by Gasteiger charge is -2.22. The highest BCUT2D eigenvalue weighted by Gasteiger charge is 2.21. The summed E-state index contributed by atoms with van der Waals surface area (Å²) in [5, 5.41) is 0. The zero-order valence-corrected chi connectivity index (χ0v) is 11.6. The molecule has 0 fully saturated rings. The lowest BCUT2D eigenvalue weighted by atomic mass is 10.1. The van der Waals surface area contributed by atoms with Gasteiger partial charge < -0.3 is 16.2 Å². The van der Waals surface area contributed by atoms with Crippen molar-refractivity contribution in [3.8, 4) is 0 Å². The lowest BCUT2D eigenvalue weighted by molar-refractivity contribution is -0.156. The van der Waals surface area contributed by atoms with E-state index >= 15 is 0 Å². The van der Waals surface area contributed by atoms with Crippen molar-refractivity contribution < 1.29 is 9.53 Å². The molecule has 104 valence electrons. The Balaban J connectivity index is 3.90. The number of ether oxygens (including phenoxy) is 1. The molecule has 18 heavy (non-hydrogen) atoms. The van der Waals surface area contributed by atoms with Crippen LogP contribution < -0.4 is 11.5 Å². The van der Waals surface area contributed by atoms with Gasteiger partial charge in [-0.3, -0.25) is 9.79 Å². The molecule has 0 rings (SSSR count). The monoisotopic (exact) mass is 255 g/mol. The minimum Gasteiger partial charge on any atom is -0.459 e. The van der Waals surface area contributed by atoms with Gasteiger partial charge in [0, 0.05) is 13.0 Å². The van der Waals surface area contributed by atoms with Gasteiger partial charge in [0.15, 0.2) is 0 Å². The van der Waals surface area contributed by atoms with Gasteiger partial charge >= 0.3 is 5.97 Å². The van der Waals surface area contributed by atoms with Crippen LogP contribution in [0.25, 0.3) is 0 Å². The van der Waals surface area contributed by atoms with Gasteiger partial charge in [-0.25, -0.2) is 0 Å². The highest BCUT2D eigenvalue weighted by Crippen LogP contribution is 2.09. The Kier molecular flexibility index (Phi) is 7.27. The first-order valence-corrected chi connectivity index (χ1v) is 6.14.